The minimum Gasteiger partial charge on any atom is -0.391 e. The molecular formula is C15H20BrNO2. The van der Waals surface area contributed by atoms with Crippen LogP contribution < -0.4 is 0 Å². The van der Waals surface area contributed by atoms with Crippen LogP contribution in [0.4, 0.5) is 0 Å². The fourth-order valence-electron chi connectivity index (χ4n) is 2.52. The third-order valence-corrected chi connectivity index (χ3v) is 4.31. The lowest BCUT2D eigenvalue weighted by Gasteiger charge is -2.44. The molecule has 1 saturated heterocycles. The van der Waals surface area contributed by atoms with Gasteiger partial charge in [-0.15, -0.1) is 0 Å². The molecule has 0 aliphatic carbocycles. The van der Waals surface area contributed by atoms with Crippen molar-refractivity contribution in [2.24, 2.45) is 0 Å². The fraction of sp³-hybridized carbons (Fsp3) is 0.533. The van der Waals surface area contributed by atoms with E-state index in [0.717, 1.165) is 22.9 Å². The lowest BCUT2D eigenvalue weighted by Crippen LogP contribution is -2.55. The van der Waals surface area contributed by atoms with Gasteiger partial charge in [-0.3, -0.25) is 4.79 Å². The third-order valence-electron chi connectivity index (χ3n) is 3.78. The van der Waals surface area contributed by atoms with E-state index < -0.39 is 0 Å². The van der Waals surface area contributed by atoms with Gasteiger partial charge < -0.3 is 10.0 Å². The van der Waals surface area contributed by atoms with Gasteiger partial charge in [0, 0.05) is 16.6 Å². The summed E-state index contributed by atoms with van der Waals surface area (Å²) >= 11 is 3.39. The Labute approximate surface area is 122 Å². The average Bonchev–Trinajstić information content (AvgIpc) is 2.35. The molecule has 1 aliphatic rings. The number of piperidine rings is 1. The zero-order valence-corrected chi connectivity index (χ0v) is 13.0. The molecular weight excluding hydrogens is 306 g/mol. The highest BCUT2D eigenvalue weighted by Gasteiger charge is 2.36. The summed E-state index contributed by atoms with van der Waals surface area (Å²) in [4.78, 5) is 14.2. The standard InChI is InChI=1S/C15H20BrNO2/c1-15(2)8-7-13(18)10-17(15)14(19)9-11-3-5-12(16)6-4-11/h3-6,13,18H,7-10H2,1-2H3. The quantitative estimate of drug-likeness (QED) is 0.908. The number of halogens is 1. The normalized spacial score (nSPS) is 22.3. The predicted octanol–water partition coefficient (Wildman–Crippen LogP) is 2.75. The first-order chi connectivity index (χ1) is 8.88. The van der Waals surface area contributed by atoms with Crippen molar-refractivity contribution in [1.82, 2.24) is 4.90 Å². The maximum atomic E-state index is 12.4. The average molecular weight is 326 g/mol. The Balaban J connectivity index is 2.07. The van der Waals surface area contributed by atoms with Crippen LogP contribution in [0.5, 0.6) is 0 Å². The number of hydrogen-bond acceptors (Lipinski definition) is 2. The number of carbonyl (C=O) groups excluding carboxylic acids is 1. The van der Waals surface area contributed by atoms with Crippen LogP contribution in [0.1, 0.15) is 32.3 Å². The number of carbonyl (C=O) groups is 1. The maximum Gasteiger partial charge on any atom is 0.227 e. The minimum atomic E-state index is -0.387. The van der Waals surface area contributed by atoms with Gasteiger partial charge in [0.15, 0.2) is 0 Å². The molecule has 0 radical (unpaired) electrons. The molecule has 2 rings (SSSR count). The molecule has 1 aliphatic heterocycles. The Morgan fingerprint density at radius 2 is 2.05 bits per heavy atom. The number of benzene rings is 1. The van der Waals surface area contributed by atoms with Crippen LogP contribution >= 0.6 is 15.9 Å². The number of rotatable bonds is 2. The lowest BCUT2D eigenvalue weighted by molar-refractivity contribution is -0.141. The maximum absolute atomic E-state index is 12.4. The van der Waals surface area contributed by atoms with Crippen molar-refractivity contribution in [3.05, 3.63) is 34.3 Å². The molecule has 0 bridgehead atoms. The van der Waals surface area contributed by atoms with Crippen molar-refractivity contribution in [2.45, 2.75) is 44.8 Å². The Bertz CT molecular complexity index is 456. The van der Waals surface area contributed by atoms with E-state index in [1.165, 1.54) is 0 Å². The van der Waals surface area contributed by atoms with E-state index >= 15 is 0 Å². The summed E-state index contributed by atoms with van der Waals surface area (Å²) in [5.41, 5.74) is 0.843. The highest BCUT2D eigenvalue weighted by molar-refractivity contribution is 9.10. The largest absolute Gasteiger partial charge is 0.391 e. The summed E-state index contributed by atoms with van der Waals surface area (Å²) < 4.78 is 1.01. The van der Waals surface area contributed by atoms with E-state index in [1.54, 1.807) is 0 Å². The fourth-order valence-corrected chi connectivity index (χ4v) is 2.78. The summed E-state index contributed by atoms with van der Waals surface area (Å²) in [6.07, 6.45) is 1.63. The number of nitrogens with zero attached hydrogens (tertiary/aromatic N) is 1. The molecule has 0 aromatic heterocycles. The molecule has 19 heavy (non-hydrogen) atoms. The molecule has 1 aromatic carbocycles. The second-order valence-corrected chi connectivity index (χ2v) is 6.73. The van der Waals surface area contributed by atoms with Gasteiger partial charge in [0.25, 0.3) is 0 Å². The monoisotopic (exact) mass is 325 g/mol. The number of aliphatic hydroxyl groups excluding tert-OH is 1. The van der Waals surface area contributed by atoms with Gasteiger partial charge in [-0.2, -0.15) is 0 Å². The van der Waals surface area contributed by atoms with E-state index in [2.05, 4.69) is 29.8 Å². The second-order valence-electron chi connectivity index (χ2n) is 5.81. The summed E-state index contributed by atoms with van der Waals surface area (Å²) in [5, 5.41) is 9.76. The number of amides is 1. The SMILES string of the molecule is CC1(C)CCC(O)CN1C(=O)Cc1ccc(Br)cc1. The molecule has 1 unspecified atom stereocenters. The summed E-state index contributed by atoms with van der Waals surface area (Å²) in [7, 11) is 0. The Morgan fingerprint density at radius 3 is 2.68 bits per heavy atom. The van der Waals surface area contributed by atoms with Gasteiger partial charge in [-0.1, -0.05) is 28.1 Å². The van der Waals surface area contributed by atoms with Gasteiger partial charge >= 0.3 is 0 Å². The second kappa shape index (κ2) is 5.63. The first kappa shape index (κ1) is 14.5. The molecule has 1 N–H and O–H groups in total. The van der Waals surface area contributed by atoms with Gasteiger partial charge in [0.05, 0.1) is 12.5 Å². The van der Waals surface area contributed by atoms with Crippen molar-refractivity contribution >= 4 is 21.8 Å². The molecule has 1 aromatic rings. The smallest absolute Gasteiger partial charge is 0.227 e. The highest BCUT2D eigenvalue weighted by Crippen LogP contribution is 2.28. The number of β-amino-alcohol motifs (C(OH)–C–C–N with tert-alkyl or cyclic N) is 1. The summed E-state index contributed by atoms with van der Waals surface area (Å²) in [6, 6.07) is 7.79. The molecule has 1 atom stereocenters. The van der Waals surface area contributed by atoms with E-state index in [0.29, 0.717) is 13.0 Å². The van der Waals surface area contributed by atoms with Gasteiger partial charge in [0.1, 0.15) is 0 Å². The molecule has 1 fully saturated rings. The van der Waals surface area contributed by atoms with Crippen LogP contribution in [0.3, 0.4) is 0 Å². The molecule has 3 nitrogen and oxygen atoms in total. The van der Waals surface area contributed by atoms with Crippen molar-refractivity contribution in [2.75, 3.05) is 6.54 Å². The van der Waals surface area contributed by atoms with Crippen LogP contribution in [-0.4, -0.2) is 34.1 Å². The highest BCUT2D eigenvalue weighted by atomic mass is 79.9. The van der Waals surface area contributed by atoms with Crippen LogP contribution in [0.25, 0.3) is 0 Å². The molecule has 0 saturated carbocycles. The lowest BCUT2D eigenvalue weighted by atomic mass is 9.88. The topological polar surface area (TPSA) is 40.5 Å². The Hall–Kier alpha value is -0.870. The predicted molar refractivity (Wildman–Crippen MR) is 78.9 cm³/mol. The van der Waals surface area contributed by atoms with Crippen LogP contribution in [0, 0.1) is 0 Å². The molecule has 1 amide bonds. The van der Waals surface area contributed by atoms with Crippen molar-refractivity contribution in [1.29, 1.82) is 0 Å². The van der Waals surface area contributed by atoms with Gasteiger partial charge in [-0.05, 0) is 44.4 Å². The van der Waals surface area contributed by atoms with E-state index in [1.807, 2.05) is 29.2 Å². The summed E-state index contributed by atoms with van der Waals surface area (Å²) in [5.74, 6) is 0.0890. The third kappa shape index (κ3) is 3.57. The first-order valence-corrected chi connectivity index (χ1v) is 7.41. The van der Waals surface area contributed by atoms with E-state index in [4.69, 9.17) is 0 Å². The van der Waals surface area contributed by atoms with E-state index in [-0.39, 0.29) is 17.6 Å². The minimum absolute atomic E-state index is 0.0890. The van der Waals surface area contributed by atoms with Crippen LogP contribution in [-0.2, 0) is 11.2 Å². The van der Waals surface area contributed by atoms with Crippen LogP contribution in [0.15, 0.2) is 28.7 Å². The number of hydrogen-bond donors (Lipinski definition) is 1. The number of aliphatic hydroxyl groups is 1. The Kier molecular flexibility index (Phi) is 4.31. The molecule has 4 heteroatoms. The number of likely N-dealkylation sites (tertiary alicyclic amines) is 1. The van der Waals surface area contributed by atoms with Crippen molar-refractivity contribution in [3.63, 3.8) is 0 Å². The molecule has 104 valence electrons. The van der Waals surface area contributed by atoms with Crippen molar-refractivity contribution in [3.8, 4) is 0 Å². The first-order valence-electron chi connectivity index (χ1n) is 6.61. The van der Waals surface area contributed by atoms with Gasteiger partial charge in [-0.25, -0.2) is 0 Å². The zero-order valence-electron chi connectivity index (χ0n) is 11.4. The summed E-state index contributed by atoms with van der Waals surface area (Å²) in [6.45, 7) is 4.58. The zero-order chi connectivity index (χ0) is 14.0. The van der Waals surface area contributed by atoms with Gasteiger partial charge in [0.2, 0.25) is 5.91 Å². The Morgan fingerprint density at radius 1 is 1.42 bits per heavy atom. The molecule has 0 spiro atoms. The van der Waals surface area contributed by atoms with Crippen molar-refractivity contribution < 1.29 is 9.90 Å². The van der Waals surface area contributed by atoms with Crippen LogP contribution in [0.2, 0.25) is 0 Å². The molecule has 1 heterocycles. The van der Waals surface area contributed by atoms with E-state index in [9.17, 15) is 9.90 Å².